The van der Waals surface area contributed by atoms with E-state index in [-0.39, 0.29) is 0 Å². The molecule has 0 aromatic heterocycles. The molecule has 0 amide bonds. The predicted octanol–water partition coefficient (Wildman–Crippen LogP) is 0.531. The molecule has 0 bridgehead atoms. The van der Waals surface area contributed by atoms with Crippen LogP contribution < -0.4 is 0 Å². The zero-order valence-electron chi connectivity index (χ0n) is 9.28. The first-order valence-corrected chi connectivity index (χ1v) is 9.05. The minimum atomic E-state index is -2.17. The summed E-state index contributed by atoms with van der Waals surface area (Å²) in [5.41, 5.74) is -2.17. The average Bonchev–Trinajstić information content (AvgIpc) is 2.47. The van der Waals surface area contributed by atoms with Gasteiger partial charge in [-0.3, -0.25) is 0 Å². The summed E-state index contributed by atoms with van der Waals surface area (Å²) in [6.07, 6.45) is -1.20. The van der Waals surface area contributed by atoms with E-state index in [1.165, 1.54) is 0 Å². The number of hydrogen-bond acceptors (Lipinski definition) is 5. The second-order valence-electron chi connectivity index (χ2n) is 3.61. The van der Waals surface area contributed by atoms with E-state index in [1.54, 1.807) is 7.11 Å². The van der Waals surface area contributed by atoms with Crippen LogP contribution in [-0.2, 0) is 25.8 Å². The molecule has 0 aromatic carbocycles. The molecule has 5 atom stereocenters. The van der Waals surface area contributed by atoms with Crippen LogP contribution >= 0.6 is 17.7 Å². The standard InChI is InChI=1S/C8H16BO4PS2/c1-3-14(15,16)13-7-5(4-11-2)12-8(9)6(7)10/h5-8,10H,3-4H2,1-2H3,(H,15,16)/t5-,6+,7?,8-/m1/s1. The molecule has 1 aliphatic rings. The molecule has 1 heterocycles. The van der Waals surface area contributed by atoms with E-state index in [1.807, 2.05) is 6.92 Å². The van der Waals surface area contributed by atoms with Crippen molar-refractivity contribution in [3.05, 3.63) is 0 Å². The van der Waals surface area contributed by atoms with Crippen molar-refractivity contribution in [2.75, 3.05) is 19.9 Å². The van der Waals surface area contributed by atoms with Crippen molar-refractivity contribution in [1.29, 1.82) is 0 Å². The summed E-state index contributed by atoms with van der Waals surface area (Å²) in [6, 6.07) is -0.759. The maximum atomic E-state index is 9.82. The number of aliphatic hydroxyl groups excluding tert-OH is 1. The Kier molecular flexibility index (Phi) is 5.78. The Morgan fingerprint density at radius 2 is 2.25 bits per heavy atom. The van der Waals surface area contributed by atoms with Crippen LogP contribution in [0.4, 0.5) is 0 Å². The normalized spacial score (nSPS) is 38.5. The highest BCUT2D eigenvalue weighted by Gasteiger charge is 2.43. The first-order valence-electron chi connectivity index (χ1n) is 4.99. The molecule has 4 nitrogen and oxygen atoms in total. The van der Waals surface area contributed by atoms with Gasteiger partial charge in [-0.2, -0.15) is 0 Å². The average molecular weight is 282 g/mol. The number of thiol groups is 1. The summed E-state index contributed by atoms with van der Waals surface area (Å²) in [6.45, 7) is 2.21. The third-order valence-corrected chi connectivity index (χ3v) is 5.92. The molecule has 1 aliphatic heterocycles. The fourth-order valence-electron chi connectivity index (χ4n) is 1.46. The molecule has 1 N–H and O–H groups in total. The van der Waals surface area contributed by atoms with Crippen LogP contribution in [0.1, 0.15) is 6.92 Å². The Bertz CT molecular complexity index is 281. The zero-order chi connectivity index (χ0) is 12.3. The maximum Gasteiger partial charge on any atom is 0.120 e. The number of rotatable bonds is 5. The minimum Gasteiger partial charge on any atom is -0.388 e. The predicted molar refractivity (Wildman–Crippen MR) is 71.0 cm³/mol. The Labute approximate surface area is 108 Å². The zero-order valence-corrected chi connectivity index (χ0v) is 11.9. The molecule has 8 heteroatoms. The summed E-state index contributed by atoms with van der Waals surface area (Å²) in [7, 11) is 7.14. The van der Waals surface area contributed by atoms with Gasteiger partial charge in [-0.1, -0.05) is 18.7 Å². The van der Waals surface area contributed by atoms with Crippen molar-refractivity contribution < 1.29 is 19.1 Å². The monoisotopic (exact) mass is 282 g/mol. The lowest BCUT2D eigenvalue weighted by Gasteiger charge is -2.25. The molecule has 92 valence electrons. The summed E-state index contributed by atoms with van der Waals surface area (Å²) >= 11 is 9.51. The molecule has 16 heavy (non-hydrogen) atoms. The SMILES string of the molecule is [B][C@@H]1O[C@H](COC)C(OP(=S)(S)CC)[C@@H]1O. The van der Waals surface area contributed by atoms with E-state index in [0.29, 0.717) is 12.8 Å². The molecule has 2 unspecified atom stereocenters. The van der Waals surface area contributed by atoms with Gasteiger partial charge >= 0.3 is 0 Å². The number of methoxy groups -OCH3 is 1. The highest BCUT2D eigenvalue weighted by atomic mass is 32.9. The van der Waals surface area contributed by atoms with Gasteiger partial charge in [-0.25, -0.2) is 0 Å². The second-order valence-corrected chi connectivity index (χ2v) is 10.2. The highest BCUT2D eigenvalue weighted by Crippen LogP contribution is 2.54. The fraction of sp³-hybridized carbons (Fsp3) is 1.00. The van der Waals surface area contributed by atoms with E-state index < -0.39 is 29.8 Å². The van der Waals surface area contributed by atoms with E-state index in [0.717, 1.165) is 0 Å². The maximum absolute atomic E-state index is 9.82. The molecule has 1 rings (SSSR count). The lowest BCUT2D eigenvalue weighted by atomic mass is 9.93. The van der Waals surface area contributed by atoms with Crippen molar-refractivity contribution in [2.45, 2.75) is 31.2 Å². The summed E-state index contributed by atoms with van der Waals surface area (Å²) in [4.78, 5) is 0. The largest absolute Gasteiger partial charge is 0.388 e. The third-order valence-electron chi connectivity index (χ3n) is 2.39. The first-order chi connectivity index (χ1) is 7.41. The molecule has 1 saturated heterocycles. The lowest BCUT2D eigenvalue weighted by Crippen LogP contribution is -2.36. The van der Waals surface area contributed by atoms with Gasteiger partial charge in [0, 0.05) is 19.3 Å². The number of hydrogen-bond donors (Lipinski definition) is 2. The van der Waals surface area contributed by atoms with E-state index in [2.05, 4.69) is 12.2 Å². The summed E-state index contributed by atoms with van der Waals surface area (Å²) in [5.74, 6) is 0. The molecule has 2 radical (unpaired) electrons. The van der Waals surface area contributed by atoms with Crippen LogP contribution in [0.3, 0.4) is 0 Å². The van der Waals surface area contributed by atoms with Crippen molar-refractivity contribution in [1.82, 2.24) is 0 Å². The molecule has 1 fully saturated rings. The molecular formula is C8H16BO4PS2. The van der Waals surface area contributed by atoms with Gasteiger partial charge < -0.3 is 19.1 Å². The van der Waals surface area contributed by atoms with Gasteiger partial charge in [0.25, 0.3) is 0 Å². The smallest absolute Gasteiger partial charge is 0.120 e. The fourth-order valence-corrected chi connectivity index (χ4v) is 2.87. The van der Waals surface area contributed by atoms with Gasteiger partial charge in [0.2, 0.25) is 0 Å². The molecule has 0 aromatic rings. The van der Waals surface area contributed by atoms with Crippen molar-refractivity contribution in [3.8, 4) is 0 Å². The van der Waals surface area contributed by atoms with Crippen molar-refractivity contribution in [3.63, 3.8) is 0 Å². The molecule has 0 saturated carbocycles. The van der Waals surface area contributed by atoms with Crippen LogP contribution in [0.2, 0.25) is 0 Å². The lowest BCUT2D eigenvalue weighted by molar-refractivity contribution is -0.00833. The summed E-state index contributed by atoms with van der Waals surface area (Å²) < 4.78 is 16.0. The van der Waals surface area contributed by atoms with Gasteiger partial charge in [-0.15, -0.1) is 12.2 Å². The van der Waals surface area contributed by atoms with Crippen molar-refractivity contribution in [2.24, 2.45) is 0 Å². The van der Waals surface area contributed by atoms with Crippen LogP contribution in [0.25, 0.3) is 0 Å². The first kappa shape index (κ1) is 15.0. The van der Waals surface area contributed by atoms with Gasteiger partial charge in [-0.05, 0) is 0 Å². The van der Waals surface area contributed by atoms with E-state index >= 15 is 0 Å². The Morgan fingerprint density at radius 3 is 2.75 bits per heavy atom. The molecule has 0 aliphatic carbocycles. The highest BCUT2D eigenvalue weighted by molar-refractivity contribution is 8.61. The number of ether oxygens (including phenoxy) is 2. The quantitative estimate of drug-likeness (QED) is 0.438. The van der Waals surface area contributed by atoms with Crippen molar-refractivity contribution >= 4 is 37.4 Å². The van der Waals surface area contributed by atoms with Crippen LogP contribution in [-0.4, -0.2) is 57.1 Å². The van der Waals surface area contributed by atoms with Gasteiger partial charge in [0.15, 0.2) is 0 Å². The Morgan fingerprint density at radius 1 is 1.62 bits per heavy atom. The minimum absolute atomic E-state index is 0.308. The topological polar surface area (TPSA) is 47.9 Å². The summed E-state index contributed by atoms with van der Waals surface area (Å²) in [5, 5.41) is 9.82. The van der Waals surface area contributed by atoms with Gasteiger partial charge in [0.1, 0.15) is 31.6 Å². The van der Waals surface area contributed by atoms with E-state index in [4.69, 9.17) is 33.7 Å². The Hall–Kier alpha value is 0.905. The third kappa shape index (κ3) is 3.70. The Balaban J connectivity index is 2.70. The number of aliphatic hydroxyl groups is 1. The molecule has 0 spiro atoms. The second kappa shape index (κ2) is 6.18. The van der Waals surface area contributed by atoms with Crippen LogP contribution in [0.15, 0.2) is 0 Å². The van der Waals surface area contributed by atoms with Crippen LogP contribution in [0.5, 0.6) is 0 Å². The molecular weight excluding hydrogens is 266 g/mol. The van der Waals surface area contributed by atoms with Crippen LogP contribution in [0, 0.1) is 0 Å². The van der Waals surface area contributed by atoms with Gasteiger partial charge in [0.05, 0.1) is 6.61 Å². The van der Waals surface area contributed by atoms with E-state index in [9.17, 15) is 5.11 Å².